The molecule has 0 atom stereocenters. The van der Waals surface area contributed by atoms with Crippen LogP contribution in [0.25, 0.3) is 11.0 Å². The molecule has 8 heteroatoms. The Kier molecular flexibility index (Phi) is 5.44. The highest BCUT2D eigenvalue weighted by molar-refractivity contribution is 7.98. The molecule has 7 nitrogen and oxygen atoms in total. The first-order valence-electron chi connectivity index (χ1n) is 9.54. The van der Waals surface area contributed by atoms with Gasteiger partial charge in [0.2, 0.25) is 12.8 Å². The molecule has 2 heterocycles. The van der Waals surface area contributed by atoms with Crippen molar-refractivity contribution >= 4 is 41.3 Å². The van der Waals surface area contributed by atoms with Crippen molar-refractivity contribution in [3.05, 3.63) is 53.6 Å². The third-order valence-electron chi connectivity index (χ3n) is 5.26. The minimum atomic E-state index is -0.795. The van der Waals surface area contributed by atoms with Crippen LogP contribution in [-0.2, 0) is 21.8 Å². The van der Waals surface area contributed by atoms with Gasteiger partial charge in [0, 0.05) is 24.4 Å². The average Bonchev–Trinajstić information content (AvgIpc) is 3.15. The summed E-state index contributed by atoms with van der Waals surface area (Å²) in [6.45, 7) is 3.35. The number of hydrogen-bond acceptors (Lipinski definition) is 5. The van der Waals surface area contributed by atoms with E-state index in [4.69, 9.17) is 0 Å². The molecule has 0 fully saturated rings. The second-order valence-corrected chi connectivity index (χ2v) is 8.03. The van der Waals surface area contributed by atoms with Gasteiger partial charge < -0.3 is 20.5 Å². The molecule has 1 aromatic heterocycles. The first-order chi connectivity index (χ1) is 14.2. The van der Waals surface area contributed by atoms with Gasteiger partial charge in [0.05, 0.1) is 17.6 Å². The molecule has 1 aliphatic heterocycles. The number of H-pyrrole nitrogens is 1. The molecular formula is C21H23N5O2S. The molecule has 2 amide bonds. The third-order valence-corrected chi connectivity index (χ3v) is 6.18. The summed E-state index contributed by atoms with van der Waals surface area (Å²) in [4.78, 5) is 32.5. The van der Waals surface area contributed by atoms with Crippen LogP contribution in [0, 0.1) is 0 Å². The van der Waals surface area contributed by atoms with Crippen LogP contribution in [0.1, 0.15) is 18.1 Å². The fourth-order valence-electron chi connectivity index (χ4n) is 3.97. The highest BCUT2D eigenvalue weighted by atomic mass is 32.2. The molecule has 0 unspecified atom stereocenters. The second-order valence-electron chi connectivity index (χ2n) is 7.07. The lowest BCUT2D eigenvalue weighted by Crippen LogP contribution is -2.65. The molecular weight excluding hydrogens is 386 g/mol. The van der Waals surface area contributed by atoms with Crippen LogP contribution < -0.4 is 15.5 Å². The summed E-state index contributed by atoms with van der Waals surface area (Å²) < 4.78 is 0. The summed E-state index contributed by atoms with van der Waals surface area (Å²) in [7, 11) is 0. The number of amides is 2. The molecule has 0 radical (unpaired) electrons. The number of hydrogen-bond donors (Lipinski definition) is 3. The van der Waals surface area contributed by atoms with Gasteiger partial charge in [0.1, 0.15) is 5.66 Å². The average molecular weight is 410 g/mol. The van der Waals surface area contributed by atoms with Crippen LogP contribution >= 0.6 is 11.8 Å². The highest BCUT2D eigenvalue weighted by Crippen LogP contribution is 2.36. The number of imidazole rings is 1. The summed E-state index contributed by atoms with van der Waals surface area (Å²) in [5.74, 6) is 0.773. The first kappa shape index (κ1) is 19.3. The first-order valence-corrected chi connectivity index (χ1v) is 10.5. The van der Waals surface area contributed by atoms with Crippen molar-refractivity contribution in [3.63, 3.8) is 0 Å². The zero-order chi connectivity index (χ0) is 20.3. The Morgan fingerprint density at radius 2 is 1.97 bits per heavy atom. The molecule has 29 heavy (non-hydrogen) atoms. The molecule has 150 valence electrons. The van der Waals surface area contributed by atoms with Crippen LogP contribution in [0.3, 0.4) is 0 Å². The van der Waals surface area contributed by atoms with Gasteiger partial charge in [-0.2, -0.15) is 0 Å². The predicted octanol–water partition coefficient (Wildman–Crippen LogP) is 2.43. The van der Waals surface area contributed by atoms with E-state index >= 15 is 0 Å². The Labute approximate surface area is 173 Å². The molecule has 2 aromatic carbocycles. The van der Waals surface area contributed by atoms with Gasteiger partial charge in [-0.1, -0.05) is 42.1 Å². The Balaban J connectivity index is 1.61. The molecule has 0 aliphatic carbocycles. The van der Waals surface area contributed by atoms with E-state index in [1.54, 1.807) is 11.8 Å². The molecule has 0 bridgehead atoms. The lowest BCUT2D eigenvalue weighted by atomic mass is 9.90. The third kappa shape index (κ3) is 3.80. The summed E-state index contributed by atoms with van der Waals surface area (Å²) in [6.07, 6.45) is 1.84. The topological polar surface area (TPSA) is 90.1 Å². The number of benzene rings is 2. The van der Waals surface area contributed by atoms with E-state index in [-0.39, 0.29) is 0 Å². The van der Waals surface area contributed by atoms with E-state index in [1.165, 1.54) is 11.3 Å². The smallest absolute Gasteiger partial charge is 0.208 e. The van der Waals surface area contributed by atoms with Gasteiger partial charge in [0.25, 0.3) is 0 Å². The molecule has 3 aromatic rings. The Bertz CT molecular complexity index is 992. The lowest BCUT2D eigenvalue weighted by Gasteiger charge is -2.44. The Hall–Kier alpha value is -3.00. The molecule has 3 N–H and O–H groups in total. The van der Waals surface area contributed by atoms with Crippen molar-refractivity contribution < 1.29 is 9.59 Å². The maximum atomic E-state index is 11.2. The van der Waals surface area contributed by atoms with Gasteiger partial charge in [-0.15, -0.1) is 0 Å². The number of anilines is 1. The van der Waals surface area contributed by atoms with E-state index in [9.17, 15) is 9.59 Å². The number of nitrogens with one attached hydrogen (secondary N) is 3. The number of nitrogens with zero attached hydrogens (tertiary/aromatic N) is 2. The number of aromatic amines is 1. The number of carbonyl (C=O) groups is 2. The molecule has 0 saturated carbocycles. The summed E-state index contributed by atoms with van der Waals surface area (Å²) >= 11 is 1.67. The van der Waals surface area contributed by atoms with Crippen molar-refractivity contribution in [2.45, 2.75) is 29.9 Å². The fraction of sp³-hybridized carbons (Fsp3) is 0.286. The number of fused-ring (bicyclic) bond motifs is 2. The highest BCUT2D eigenvalue weighted by Gasteiger charge is 2.38. The van der Waals surface area contributed by atoms with E-state index in [2.05, 4.69) is 44.6 Å². The maximum absolute atomic E-state index is 11.2. The van der Waals surface area contributed by atoms with E-state index in [0.717, 1.165) is 34.1 Å². The SMILES string of the molecule is CCN1CC(NC=O)(NC=O)Cc2cccc(CSc3nc4ccccc4[nH]3)c21. The lowest BCUT2D eigenvalue weighted by molar-refractivity contribution is -0.114. The molecule has 1 aliphatic rings. The van der Waals surface area contributed by atoms with Crippen molar-refractivity contribution in [1.82, 2.24) is 20.6 Å². The van der Waals surface area contributed by atoms with Crippen LogP contribution in [0.15, 0.2) is 47.6 Å². The quantitative estimate of drug-likeness (QED) is 0.302. The summed E-state index contributed by atoms with van der Waals surface area (Å²) in [6, 6.07) is 14.2. The number of thioether (sulfide) groups is 1. The standard InChI is InChI=1S/C21H23N5O2S/c1-2-26-12-21(22-13-27,23-14-28)10-15-6-5-7-16(19(15)26)11-29-20-24-17-8-3-4-9-18(17)25-20/h3-9,13-14H,2,10-12H2,1H3,(H,22,27)(H,23,28)(H,24,25). The van der Waals surface area contributed by atoms with Gasteiger partial charge >= 0.3 is 0 Å². The minimum absolute atomic E-state index is 0.514. The van der Waals surface area contributed by atoms with Crippen LogP contribution in [0.5, 0.6) is 0 Å². The predicted molar refractivity (Wildman–Crippen MR) is 115 cm³/mol. The minimum Gasteiger partial charge on any atom is -0.367 e. The number of carbonyl (C=O) groups excluding carboxylic acids is 2. The van der Waals surface area contributed by atoms with E-state index in [0.29, 0.717) is 25.8 Å². The monoisotopic (exact) mass is 409 g/mol. The number of rotatable bonds is 8. The van der Waals surface area contributed by atoms with Crippen molar-refractivity contribution in [1.29, 1.82) is 0 Å². The molecule has 0 saturated heterocycles. The van der Waals surface area contributed by atoms with Gasteiger partial charge in [-0.05, 0) is 30.2 Å². The second kappa shape index (κ2) is 8.16. The number of aromatic nitrogens is 2. The fourth-order valence-corrected chi connectivity index (χ4v) is 4.84. The van der Waals surface area contributed by atoms with Crippen molar-refractivity contribution in [2.75, 3.05) is 18.0 Å². The zero-order valence-corrected chi connectivity index (χ0v) is 17.0. The largest absolute Gasteiger partial charge is 0.367 e. The van der Waals surface area contributed by atoms with Crippen LogP contribution in [0.4, 0.5) is 5.69 Å². The molecule has 4 rings (SSSR count). The normalized spacial score (nSPS) is 15.0. The summed E-state index contributed by atoms with van der Waals surface area (Å²) in [5, 5.41) is 6.51. The number of para-hydroxylation sites is 3. The van der Waals surface area contributed by atoms with Crippen molar-refractivity contribution in [2.24, 2.45) is 0 Å². The number of likely N-dealkylation sites (N-methyl/N-ethyl adjacent to an activating group) is 1. The Morgan fingerprint density at radius 3 is 2.69 bits per heavy atom. The van der Waals surface area contributed by atoms with Gasteiger partial charge in [0.15, 0.2) is 5.16 Å². The van der Waals surface area contributed by atoms with E-state index in [1.807, 2.05) is 30.3 Å². The summed E-state index contributed by atoms with van der Waals surface area (Å²) in [5.41, 5.74) is 4.69. The van der Waals surface area contributed by atoms with Crippen LogP contribution in [-0.4, -0.2) is 41.5 Å². The zero-order valence-electron chi connectivity index (χ0n) is 16.1. The molecule has 0 spiro atoms. The van der Waals surface area contributed by atoms with Crippen LogP contribution in [0.2, 0.25) is 0 Å². The Morgan fingerprint density at radius 1 is 1.17 bits per heavy atom. The maximum Gasteiger partial charge on any atom is 0.208 e. The van der Waals surface area contributed by atoms with Gasteiger partial charge in [-0.25, -0.2) is 4.98 Å². The van der Waals surface area contributed by atoms with Gasteiger partial charge in [-0.3, -0.25) is 9.59 Å². The van der Waals surface area contributed by atoms with Crippen molar-refractivity contribution in [3.8, 4) is 0 Å². The van der Waals surface area contributed by atoms with E-state index < -0.39 is 5.66 Å².